The molecule has 0 bridgehead atoms. The molecule has 2 fully saturated rings. The number of terminal acetylenes is 1. The fraction of sp³-hybridized carbons (Fsp3) is 0.311. The zero-order valence-corrected chi connectivity index (χ0v) is 44.7. The van der Waals surface area contributed by atoms with Crippen LogP contribution in [0.25, 0.3) is 11.3 Å². The molecule has 2 aliphatic heterocycles. The summed E-state index contributed by atoms with van der Waals surface area (Å²) in [5, 5.41) is 8.27. The molecule has 4 aromatic heterocycles. The van der Waals surface area contributed by atoms with E-state index in [0.717, 1.165) is 80.8 Å². The smallest absolute Gasteiger partial charge is 0.304 e. The van der Waals surface area contributed by atoms with Crippen LogP contribution in [-0.4, -0.2) is 127 Å². The monoisotopic (exact) mass is 1080 g/mol. The second-order valence-corrected chi connectivity index (χ2v) is 19.9. The number of fused-ring (bicyclic) bond motifs is 2. The van der Waals surface area contributed by atoms with Gasteiger partial charge in [0.05, 0.1) is 23.5 Å². The number of carbonyl (C=O) groups is 2. The highest BCUT2D eigenvalue weighted by atomic mass is 19.4. The van der Waals surface area contributed by atoms with Gasteiger partial charge in [-0.25, -0.2) is 19.0 Å². The Kier molecular flexibility index (Phi) is 18.2. The van der Waals surface area contributed by atoms with Crippen molar-refractivity contribution in [2.75, 3.05) is 66.5 Å². The van der Waals surface area contributed by atoms with Crippen molar-refractivity contribution in [2.24, 2.45) is 0 Å². The maximum absolute atomic E-state index is 14.0. The molecule has 0 unspecified atom stereocenters. The number of hydrogen-bond acceptors (Lipinski definition) is 10. The minimum absolute atomic E-state index is 0.0304. The van der Waals surface area contributed by atoms with Gasteiger partial charge in [0.25, 0.3) is 0 Å². The first-order valence-electron chi connectivity index (χ1n) is 25.7. The van der Waals surface area contributed by atoms with Gasteiger partial charge in [-0.3, -0.25) is 19.4 Å². The standard InChI is InChI=1S/C30H28F3N5O.C23H27F3N2O.C8H5N3/c1-21-5-7-24(18-23(21)9-10-26-19-34-29-4-3-11-35-38(26)29)28(39)17-22-6-8-25(27(16-22)30(31,32)33)20-37-14-12-36(2)13-15-37;1-16-4-6-20(12-17(16)2)22(29)14-19-7-5-18(13-21(19)23(24,25)26)15-28-10-8-27(3)9-11-28;1-2-7-6-9-8-4-3-5-10-11(7)8/h3-8,11,16,18-19H,12-15,17,20H2,1-2H3;4-7,12-13H,8-11,14-15H2,1-3H3;1,3-6H. The van der Waals surface area contributed by atoms with Crippen molar-refractivity contribution in [3.63, 3.8) is 0 Å². The summed E-state index contributed by atoms with van der Waals surface area (Å²) in [5.41, 5.74) is 6.97. The molecule has 0 aliphatic carbocycles. The quantitative estimate of drug-likeness (QED) is 0.0747. The van der Waals surface area contributed by atoms with E-state index in [1.165, 1.54) is 18.2 Å². The zero-order chi connectivity index (χ0) is 56.4. The second kappa shape index (κ2) is 25.2. The number of carbonyl (C=O) groups excluding carboxylic acids is 2. The third kappa shape index (κ3) is 15.0. The van der Waals surface area contributed by atoms with Gasteiger partial charge in [0, 0.05) is 107 Å². The Morgan fingerprint density at radius 2 is 1.05 bits per heavy atom. The number of aromatic nitrogens is 6. The molecule has 12 nitrogen and oxygen atoms in total. The van der Waals surface area contributed by atoms with E-state index in [1.807, 2.05) is 64.0 Å². The summed E-state index contributed by atoms with van der Waals surface area (Å²) in [7, 11) is 4.05. The van der Waals surface area contributed by atoms with Gasteiger partial charge in [0.1, 0.15) is 11.4 Å². The molecule has 2 aliphatic rings. The molecule has 4 aromatic carbocycles. The fourth-order valence-corrected chi connectivity index (χ4v) is 9.17. The van der Waals surface area contributed by atoms with Gasteiger partial charge in [-0.05, 0) is 134 Å². The Hall–Kier alpha value is -8.00. The number of imidazole rings is 2. The molecule has 0 N–H and O–H groups in total. The molecule has 2 saturated heterocycles. The predicted octanol–water partition coefficient (Wildman–Crippen LogP) is 9.83. The van der Waals surface area contributed by atoms with Crippen molar-refractivity contribution in [3.8, 4) is 24.2 Å². The van der Waals surface area contributed by atoms with E-state index >= 15 is 0 Å². The fourth-order valence-electron chi connectivity index (χ4n) is 9.17. The van der Waals surface area contributed by atoms with Crippen LogP contribution in [0.3, 0.4) is 0 Å². The summed E-state index contributed by atoms with van der Waals surface area (Å²) in [6.07, 6.45) is 2.41. The van der Waals surface area contributed by atoms with Crippen LogP contribution in [0.4, 0.5) is 26.3 Å². The summed E-state index contributed by atoms with van der Waals surface area (Å²) in [6, 6.07) is 26.4. The Morgan fingerprint density at radius 1 is 0.544 bits per heavy atom. The van der Waals surface area contributed by atoms with Gasteiger partial charge < -0.3 is 9.80 Å². The number of likely N-dealkylation sites (N-methyl/N-ethyl adjacent to an activating group) is 2. The van der Waals surface area contributed by atoms with E-state index in [1.54, 1.807) is 82.3 Å². The average Bonchev–Trinajstić information content (AvgIpc) is 4.16. The van der Waals surface area contributed by atoms with Crippen LogP contribution >= 0.6 is 0 Å². The lowest BCUT2D eigenvalue weighted by Crippen LogP contribution is -2.44. The third-order valence-corrected chi connectivity index (χ3v) is 14.1. The van der Waals surface area contributed by atoms with E-state index < -0.39 is 23.5 Å². The van der Waals surface area contributed by atoms with Gasteiger partial charge in [-0.1, -0.05) is 54.5 Å². The molecule has 10 rings (SSSR count). The maximum atomic E-state index is 14.0. The van der Waals surface area contributed by atoms with Gasteiger partial charge in [-0.2, -0.15) is 36.5 Å². The Bertz CT molecular complexity index is 3570. The van der Waals surface area contributed by atoms with Gasteiger partial charge in [0.15, 0.2) is 22.9 Å². The largest absolute Gasteiger partial charge is 0.416 e. The second-order valence-electron chi connectivity index (χ2n) is 19.9. The number of nitrogens with zero attached hydrogens (tertiary/aromatic N) is 10. The minimum atomic E-state index is -4.50. The van der Waals surface area contributed by atoms with E-state index in [4.69, 9.17) is 6.42 Å². The van der Waals surface area contributed by atoms with E-state index in [-0.39, 0.29) is 42.1 Å². The lowest BCUT2D eigenvalue weighted by atomic mass is 9.95. The van der Waals surface area contributed by atoms with Crippen LogP contribution < -0.4 is 0 Å². The van der Waals surface area contributed by atoms with Crippen LogP contribution in [-0.2, 0) is 38.3 Å². The van der Waals surface area contributed by atoms with E-state index in [9.17, 15) is 35.9 Å². The van der Waals surface area contributed by atoms with Crippen molar-refractivity contribution < 1.29 is 35.9 Å². The van der Waals surface area contributed by atoms with Crippen LogP contribution in [0, 0.1) is 45.0 Å². The lowest BCUT2D eigenvalue weighted by molar-refractivity contribution is -0.139. The SMILES string of the molecule is C#Cc1cnc2cccnn12.Cc1ccc(C(=O)Cc2ccc(CN3CCN(C)CC3)c(C(F)(F)F)c2)cc1C#Cc1cnc2cccnn12.Cc1ccc(C(=O)Cc2ccc(CN3CCN(C)CC3)cc2C(F)(F)F)cc1C. The van der Waals surface area contributed by atoms with E-state index in [0.29, 0.717) is 51.4 Å². The van der Waals surface area contributed by atoms with E-state index in [2.05, 4.69) is 52.6 Å². The zero-order valence-electron chi connectivity index (χ0n) is 44.7. The summed E-state index contributed by atoms with van der Waals surface area (Å²) < 4.78 is 86.2. The molecule has 18 heteroatoms. The first kappa shape index (κ1) is 57.2. The highest BCUT2D eigenvalue weighted by Crippen LogP contribution is 2.35. The Labute approximate surface area is 455 Å². The van der Waals surface area contributed by atoms with Crippen molar-refractivity contribution >= 4 is 22.9 Å². The van der Waals surface area contributed by atoms with Gasteiger partial charge >= 0.3 is 12.4 Å². The first-order valence-corrected chi connectivity index (χ1v) is 25.7. The Balaban J connectivity index is 0.000000179. The molecule has 6 heterocycles. The van der Waals surface area contributed by atoms with Crippen LogP contribution in [0.2, 0.25) is 0 Å². The molecular formula is C61H60F6N10O2. The van der Waals surface area contributed by atoms with Crippen LogP contribution in [0.1, 0.15) is 87.7 Å². The Morgan fingerprint density at radius 3 is 1.65 bits per heavy atom. The van der Waals surface area contributed by atoms with Crippen molar-refractivity contribution in [1.82, 2.24) is 48.8 Å². The molecule has 0 atom stereocenters. The van der Waals surface area contributed by atoms with Crippen LogP contribution in [0.5, 0.6) is 0 Å². The molecule has 0 saturated carbocycles. The summed E-state index contributed by atoms with van der Waals surface area (Å²) in [6.45, 7) is 13.0. The van der Waals surface area contributed by atoms with Crippen molar-refractivity contribution in [1.29, 1.82) is 0 Å². The lowest BCUT2D eigenvalue weighted by Gasteiger charge is -2.33. The highest BCUT2D eigenvalue weighted by molar-refractivity contribution is 5.98. The van der Waals surface area contributed by atoms with Crippen LogP contribution in [0.15, 0.2) is 122 Å². The minimum Gasteiger partial charge on any atom is -0.304 e. The van der Waals surface area contributed by atoms with Gasteiger partial charge in [-0.15, -0.1) is 6.42 Å². The first-order chi connectivity index (χ1) is 37.7. The number of ketones is 2. The number of rotatable bonds is 10. The molecule has 79 heavy (non-hydrogen) atoms. The molecule has 8 aromatic rings. The number of piperazine rings is 2. The highest BCUT2D eigenvalue weighted by Gasteiger charge is 2.35. The number of halogens is 6. The van der Waals surface area contributed by atoms with Crippen molar-refractivity contribution in [3.05, 3.63) is 200 Å². The number of alkyl halides is 6. The van der Waals surface area contributed by atoms with Crippen molar-refractivity contribution in [2.45, 2.75) is 59.1 Å². The number of benzene rings is 4. The maximum Gasteiger partial charge on any atom is 0.416 e. The molecule has 0 spiro atoms. The summed E-state index contributed by atoms with van der Waals surface area (Å²) in [5.74, 6) is 8.06. The predicted molar refractivity (Wildman–Crippen MR) is 291 cm³/mol. The number of Topliss-reactive ketones (excluding diaryl/α,β-unsaturated/α-hetero) is 2. The normalized spacial score (nSPS) is 14.6. The molecule has 0 amide bonds. The molecular weight excluding hydrogens is 1020 g/mol. The average molecular weight is 1080 g/mol. The number of hydrogen-bond donors (Lipinski definition) is 0. The third-order valence-electron chi connectivity index (χ3n) is 14.1. The number of aryl methyl sites for hydroxylation is 3. The summed E-state index contributed by atoms with van der Waals surface area (Å²) >= 11 is 0. The molecule has 408 valence electrons. The van der Waals surface area contributed by atoms with Gasteiger partial charge in [0.2, 0.25) is 0 Å². The topological polar surface area (TPSA) is 107 Å². The summed E-state index contributed by atoms with van der Waals surface area (Å²) in [4.78, 5) is 42.6. The molecule has 0 radical (unpaired) electrons.